The number of hydrogen-bond acceptors (Lipinski definition) is 5. The quantitative estimate of drug-likeness (QED) is 0.900. The average molecular weight is 364 g/mol. The molecule has 124 valence electrons. The van der Waals surface area contributed by atoms with Crippen LogP contribution in [0.1, 0.15) is 23.4 Å². The summed E-state index contributed by atoms with van der Waals surface area (Å²) in [5, 5.41) is 2.08. The lowest BCUT2D eigenvalue weighted by Crippen LogP contribution is -2.23. The normalized spacial score (nSPS) is 18.0. The highest BCUT2D eigenvalue weighted by atomic mass is 35.5. The fraction of sp³-hybridized carbons (Fsp3) is 0.533. The standard InChI is InChI=1S/C15H21N3OS.2ClH/c1-10-4-6-20-14(10)15-17-13(11(2)19-15)9-18-5-3-12(7-16)8-18;;/h4,6,12H,3,5,7-9,16H2,1-2H3;2*1H. The van der Waals surface area contributed by atoms with Gasteiger partial charge >= 0.3 is 0 Å². The summed E-state index contributed by atoms with van der Waals surface area (Å²) in [6.07, 6.45) is 1.20. The number of likely N-dealkylation sites (tertiary alicyclic amines) is 1. The molecule has 1 unspecified atom stereocenters. The maximum atomic E-state index is 5.85. The van der Waals surface area contributed by atoms with Crippen LogP contribution in [0.4, 0.5) is 0 Å². The molecule has 0 bridgehead atoms. The zero-order chi connectivity index (χ0) is 14.1. The summed E-state index contributed by atoms with van der Waals surface area (Å²) in [4.78, 5) is 8.26. The first-order valence-electron chi connectivity index (χ1n) is 7.10. The molecule has 0 saturated carbocycles. The third-order valence-corrected chi connectivity index (χ3v) is 5.03. The molecule has 1 fully saturated rings. The van der Waals surface area contributed by atoms with Crippen molar-refractivity contribution in [1.29, 1.82) is 0 Å². The highest BCUT2D eigenvalue weighted by molar-refractivity contribution is 7.13. The van der Waals surface area contributed by atoms with E-state index in [0.717, 1.165) is 48.4 Å². The van der Waals surface area contributed by atoms with Crippen LogP contribution in [0.2, 0.25) is 0 Å². The van der Waals surface area contributed by atoms with Gasteiger partial charge in [-0.3, -0.25) is 4.90 Å². The van der Waals surface area contributed by atoms with Crippen LogP contribution in [0, 0.1) is 19.8 Å². The SMILES string of the molecule is Cc1ccsc1-c1nc(CN2CCC(CN)C2)c(C)o1.Cl.Cl. The number of aromatic nitrogens is 1. The summed E-state index contributed by atoms with van der Waals surface area (Å²) in [5.41, 5.74) is 8.03. The molecule has 7 heteroatoms. The van der Waals surface area contributed by atoms with E-state index < -0.39 is 0 Å². The van der Waals surface area contributed by atoms with Crippen LogP contribution in [0.15, 0.2) is 15.9 Å². The van der Waals surface area contributed by atoms with E-state index >= 15 is 0 Å². The van der Waals surface area contributed by atoms with Gasteiger partial charge in [0.05, 0.1) is 10.6 Å². The van der Waals surface area contributed by atoms with E-state index in [-0.39, 0.29) is 24.8 Å². The molecule has 1 aliphatic heterocycles. The Bertz CT molecular complexity index is 599. The van der Waals surface area contributed by atoms with Crippen molar-refractivity contribution in [3.8, 4) is 10.8 Å². The third-order valence-electron chi connectivity index (χ3n) is 4.03. The summed E-state index contributed by atoms with van der Waals surface area (Å²) < 4.78 is 5.85. The Hall–Kier alpha value is -0.590. The smallest absolute Gasteiger partial charge is 0.237 e. The van der Waals surface area contributed by atoms with Crippen LogP contribution in [-0.2, 0) is 6.54 Å². The maximum Gasteiger partial charge on any atom is 0.237 e. The van der Waals surface area contributed by atoms with Gasteiger partial charge in [-0.15, -0.1) is 36.2 Å². The fourth-order valence-corrected chi connectivity index (χ4v) is 3.57. The second-order valence-corrected chi connectivity index (χ2v) is 6.50. The largest absolute Gasteiger partial charge is 0.440 e. The lowest BCUT2D eigenvalue weighted by atomic mass is 10.1. The summed E-state index contributed by atoms with van der Waals surface area (Å²) >= 11 is 1.69. The van der Waals surface area contributed by atoms with Gasteiger partial charge in [0.1, 0.15) is 5.76 Å². The zero-order valence-electron chi connectivity index (χ0n) is 12.9. The van der Waals surface area contributed by atoms with Gasteiger partial charge in [-0.25, -0.2) is 4.98 Å². The first-order valence-corrected chi connectivity index (χ1v) is 7.98. The van der Waals surface area contributed by atoms with Crippen molar-refractivity contribution in [2.24, 2.45) is 11.7 Å². The molecule has 1 saturated heterocycles. The number of hydrogen-bond donors (Lipinski definition) is 1. The highest BCUT2D eigenvalue weighted by Gasteiger charge is 2.23. The molecule has 1 aliphatic rings. The molecule has 0 aliphatic carbocycles. The van der Waals surface area contributed by atoms with Crippen molar-refractivity contribution in [2.45, 2.75) is 26.8 Å². The van der Waals surface area contributed by atoms with Crippen LogP contribution < -0.4 is 5.73 Å². The minimum Gasteiger partial charge on any atom is -0.440 e. The van der Waals surface area contributed by atoms with Gasteiger partial charge in [-0.1, -0.05) is 0 Å². The summed E-state index contributed by atoms with van der Waals surface area (Å²) in [6.45, 7) is 7.95. The van der Waals surface area contributed by atoms with Crippen LogP contribution in [0.25, 0.3) is 10.8 Å². The lowest BCUT2D eigenvalue weighted by Gasteiger charge is -2.13. The maximum absolute atomic E-state index is 5.85. The van der Waals surface area contributed by atoms with E-state index in [1.54, 1.807) is 11.3 Å². The molecular weight excluding hydrogens is 341 g/mol. The van der Waals surface area contributed by atoms with E-state index in [9.17, 15) is 0 Å². The predicted octanol–water partition coefficient (Wildman–Crippen LogP) is 3.64. The second-order valence-electron chi connectivity index (χ2n) is 5.58. The van der Waals surface area contributed by atoms with Gasteiger partial charge in [0.15, 0.2) is 0 Å². The molecule has 0 aromatic carbocycles. The van der Waals surface area contributed by atoms with Crippen LogP contribution in [0.3, 0.4) is 0 Å². The second kappa shape index (κ2) is 8.31. The Balaban J connectivity index is 0.00000121. The van der Waals surface area contributed by atoms with Crippen LogP contribution in [-0.4, -0.2) is 29.5 Å². The number of thiophene rings is 1. The first-order chi connectivity index (χ1) is 9.67. The van der Waals surface area contributed by atoms with Gasteiger partial charge in [-0.2, -0.15) is 0 Å². The van der Waals surface area contributed by atoms with Crippen molar-refractivity contribution in [1.82, 2.24) is 9.88 Å². The van der Waals surface area contributed by atoms with Gasteiger partial charge < -0.3 is 10.2 Å². The van der Waals surface area contributed by atoms with Crippen molar-refractivity contribution < 1.29 is 4.42 Å². The van der Waals surface area contributed by atoms with Crippen molar-refractivity contribution in [3.63, 3.8) is 0 Å². The molecule has 3 rings (SSSR count). The molecule has 0 radical (unpaired) electrons. The zero-order valence-corrected chi connectivity index (χ0v) is 15.3. The third kappa shape index (κ3) is 4.03. The topological polar surface area (TPSA) is 55.3 Å². The van der Waals surface area contributed by atoms with E-state index in [2.05, 4.69) is 23.3 Å². The Labute approximate surface area is 147 Å². The van der Waals surface area contributed by atoms with Crippen LogP contribution >= 0.6 is 36.2 Å². The van der Waals surface area contributed by atoms with Crippen molar-refractivity contribution >= 4 is 36.2 Å². The molecule has 0 spiro atoms. The molecule has 2 N–H and O–H groups in total. The average Bonchev–Trinajstić information content (AvgIpc) is 3.12. The lowest BCUT2D eigenvalue weighted by molar-refractivity contribution is 0.312. The van der Waals surface area contributed by atoms with Crippen LogP contribution in [0.5, 0.6) is 0 Å². The van der Waals surface area contributed by atoms with Gasteiger partial charge in [0.2, 0.25) is 5.89 Å². The van der Waals surface area contributed by atoms with E-state index in [4.69, 9.17) is 15.1 Å². The Morgan fingerprint density at radius 3 is 2.77 bits per heavy atom. The number of nitrogens with zero attached hydrogens (tertiary/aromatic N) is 2. The Morgan fingerprint density at radius 1 is 1.41 bits per heavy atom. The molecule has 22 heavy (non-hydrogen) atoms. The number of halogens is 2. The van der Waals surface area contributed by atoms with E-state index in [1.807, 2.05) is 6.92 Å². The predicted molar refractivity (Wildman–Crippen MR) is 96.2 cm³/mol. The number of rotatable bonds is 4. The summed E-state index contributed by atoms with van der Waals surface area (Å²) in [5.74, 6) is 2.34. The number of oxazole rings is 1. The van der Waals surface area contributed by atoms with Gasteiger partial charge in [-0.05, 0) is 56.3 Å². The molecular formula is C15H23Cl2N3OS. The molecule has 3 heterocycles. The van der Waals surface area contributed by atoms with Crippen molar-refractivity contribution in [2.75, 3.05) is 19.6 Å². The van der Waals surface area contributed by atoms with Gasteiger partial charge in [0, 0.05) is 13.1 Å². The van der Waals surface area contributed by atoms with E-state index in [0.29, 0.717) is 5.92 Å². The molecule has 0 amide bonds. The molecule has 2 aromatic rings. The first kappa shape index (κ1) is 19.5. The minimum absolute atomic E-state index is 0. The molecule has 4 nitrogen and oxygen atoms in total. The number of nitrogens with two attached hydrogens (primary N) is 1. The Morgan fingerprint density at radius 2 is 2.18 bits per heavy atom. The van der Waals surface area contributed by atoms with Gasteiger partial charge in [0.25, 0.3) is 0 Å². The summed E-state index contributed by atoms with van der Waals surface area (Å²) in [6, 6.07) is 2.10. The molecule has 1 atom stereocenters. The molecule has 2 aromatic heterocycles. The van der Waals surface area contributed by atoms with E-state index in [1.165, 1.54) is 12.0 Å². The number of aryl methyl sites for hydroxylation is 2. The summed E-state index contributed by atoms with van der Waals surface area (Å²) in [7, 11) is 0. The monoisotopic (exact) mass is 363 g/mol. The fourth-order valence-electron chi connectivity index (χ4n) is 2.72. The Kier molecular flexibility index (Phi) is 7.35. The van der Waals surface area contributed by atoms with Crippen molar-refractivity contribution in [3.05, 3.63) is 28.5 Å². The minimum atomic E-state index is 0. The highest BCUT2D eigenvalue weighted by Crippen LogP contribution is 2.30.